The molecule has 116 valence electrons. The number of nitrogens with one attached hydrogen (secondary N) is 1. The average molecular weight is 292 g/mol. The number of rotatable bonds is 6. The van der Waals surface area contributed by atoms with Crippen molar-refractivity contribution in [1.29, 1.82) is 0 Å². The van der Waals surface area contributed by atoms with E-state index in [4.69, 9.17) is 10.5 Å². The molecule has 0 spiro atoms. The van der Waals surface area contributed by atoms with Gasteiger partial charge in [-0.25, -0.2) is 4.99 Å². The van der Waals surface area contributed by atoms with Gasteiger partial charge in [-0.3, -0.25) is 4.79 Å². The highest BCUT2D eigenvalue weighted by molar-refractivity contribution is 5.93. The number of methoxy groups -OCH3 is 1. The monoisotopic (exact) mass is 292 g/mol. The molecule has 3 N–H and O–H groups in total. The van der Waals surface area contributed by atoms with Crippen LogP contribution in [0.15, 0.2) is 29.3 Å². The van der Waals surface area contributed by atoms with E-state index in [0.717, 1.165) is 5.56 Å². The van der Waals surface area contributed by atoms with Gasteiger partial charge in [-0.2, -0.15) is 0 Å². The fraction of sp³-hybridized carbons (Fsp3) is 0.467. The Morgan fingerprint density at radius 2 is 2.00 bits per heavy atom. The zero-order valence-electron chi connectivity index (χ0n) is 13.1. The summed E-state index contributed by atoms with van der Waals surface area (Å²) in [4.78, 5) is 17.6. The van der Waals surface area contributed by atoms with Gasteiger partial charge in [0, 0.05) is 32.8 Å². The predicted molar refractivity (Wildman–Crippen MR) is 84.3 cm³/mol. The molecule has 6 heteroatoms. The number of carbonyl (C=O) groups is 1. The molecule has 1 aromatic carbocycles. The number of benzene rings is 1. The van der Waals surface area contributed by atoms with Gasteiger partial charge in [-0.15, -0.1) is 0 Å². The van der Waals surface area contributed by atoms with E-state index in [-0.39, 0.29) is 11.9 Å². The Kier molecular flexibility index (Phi) is 6.68. The topological polar surface area (TPSA) is 80.0 Å². The minimum absolute atomic E-state index is 0.0142. The fourth-order valence-corrected chi connectivity index (χ4v) is 1.78. The summed E-state index contributed by atoms with van der Waals surface area (Å²) in [5.74, 6) is 0.368. The molecule has 0 radical (unpaired) electrons. The summed E-state index contributed by atoms with van der Waals surface area (Å²) in [5, 5.41) is 3.04. The Hall–Kier alpha value is -2.08. The van der Waals surface area contributed by atoms with Crippen molar-refractivity contribution in [2.45, 2.75) is 19.5 Å². The normalized spacial score (nSPS) is 12.9. The van der Waals surface area contributed by atoms with Gasteiger partial charge >= 0.3 is 0 Å². The standard InChI is InChI=1S/C15H24N4O2/c1-11(10-21-4)18-15(16)17-9-12-5-7-13(8-6-12)14(20)19(2)3/h5-8,11H,9-10H2,1-4H3,(H3,16,17,18). The highest BCUT2D eigenvalue weighted by atomic mass is 16.5. The van der Waals surface area contributed by atoms with Crippen molar-refractivity contribution in [3.05, 3.63) is 35.4 Å². The molecule has 6 nitrogen and oxygen atoms in total. The van der Waals surface area contributed by atoms with Crippen LogP contribution in [0.3, 0.4) is 0 Å². The van der Waals surface area contributed by atoms with Crippen molar-refractivity contribution in [2.75, 3.05) is 27.8 Å². The van der Waals surface area contributed by atoms with E-state index in [1.807, 2.05) is 19.1 Å². The van der Waals surface area contributed by atoms with E-state index in [1.165, 1.54) is 0 Å². The minimum atomic E-state index is -0.0142. The molecule has 0 saturated carbocycles. The maximum atomic E-state index is 11.8. The number of hydrogen-bond acceptors (Lipinski definition) is 3. The molecule has 21 heavy (non-hydrogen) atoms. The Morgan fingerprint density at radius 3 is 2.52 bits per heavy atom. The van der Waals surface area contributed by atoms with Crippen molar-refractivity contribution in [2.24, 2.45) is 10.7 Å². The summed E-state index contributed by atoms with van der Waals surface area (Å²) in [7, 11) is 5.10. The van der Waals surface area contributed by atoms with Gasteiger partial charge in [0.25, 0.3) is 5.91 Å². The average Bonchev–Trinajstić information content (AvgIpc) is 2.45. The second-order valence-corrected chi connectivity index (χ2v) is 5.10. The van der Waals surface area contributed by atoms with Gasteiger partial charge in [0.05, 0.1) is 13.2 Å². The quantitative estimate of drug-likeness (QED) is 0.601. The van der Waals surface area contributed by atoms with Crippen LogP contribution >= 0.6 is 0 Å². The molecule has 0 aliphatic rings. The number of carbonyl (C=O) groups excluding carboxylic acids is 1. The van der Waals surface area contributed by atoms with Crippen molar-refractivity contribution >= 4 is 11.9 Å². The lowest BCUT2D eigenvalue weighted by Gasteiger charge is -2.13. The lowest BCUT2D eigenvalue weighted by Crippen LogP contribution is -2.40. The van der Waals surface area contributed by atoms with Gasteiger partial charge in [0.1, 0.15) is 0 Å². The van der Waals surface area contributed by atoms with Crippen LogP contribution in [-0.4, -0.2) is 50.6 Å². The first-order valence-electron chi connectivity index (χ1n) is 6.80. The van der Waals surface area contributed by atoms with Crippen molar-refractivity contribution in [1.82, 2.24) is 10.2 Å². The number of amides is 1. The zero-order valence-corrected chi connectivity index (χ0v) is 13.1. The van der Waals surface area contributed by atoms with Gasteiger partial charge in [0.2, 0.25) is 0 Å². The summed E-state index contributed by atoms with van der Waals surface area (Å²) in [6.07, 6.45) is 0. The molecule has 1 unspecified atom stereocenters. The predicted octanol–water partition coefficient (Wildman–Crippen LogP) is 0.828. The van der Waals surface area contributed by atoms with Crippen LogP contribution < -0.4 is 11.1 Å². The Morgan fingerprint density at radius 1 is 1.38 bits per heavy atom. The summed E-state index contributed by atoms with van der Waals surface area (Å²) >= 11 is 0. The number of hydrogen-bond donors (Lipinski definition) is 2. The summed E-state index contributed by atoms with van der Waals surface area (Å²) < 4.78 is 5.01. The van der Waals surface area contributed by atoms with Gasteiger partial charge in [-0.1, -0.05) is 12.1 Å². The second kappa shape index (κ2) is 8.26. The van der Waals surface area contributed by atoms with E-state index >= 15 is 0 Å². The molecule has 0 aromatic heterocycles. The van der Waals surface area contributed by atoms with E-state index in [9.17, 15) is 4.79 Å². The van der Waals surface area contributed by atoms with Crippen LogP contribution in [0.25, 0.3) is 0 Å². The molecule has 1 atom stereocenters. The number of guanidine groups is 1. The first-order valence-corrected chi connectivity index (χ1v) is 6.80. The smallest absolute Gasteiger partial charge is 0.253 e. The van der Waals surface area contributed by atoms with Crippen LogP contribution in [0.5, 0.6) is 0 Å². The summed E-state index contributed by atoms with van der Waals surface area (Å²) in [6.45, 7) is 3.00. The van der Waals surface area contributed by atoms with Crippen molar-refractivity contribution in [3.63, 3.8) is 0 Å². The fourth-order valence-electron chi connectivity index (χ4n) is 1.78. The van der Waals surface area contributed by atoms with Crippen LogP contribution in [0.2, 0.25) is 0 Å². The Bertz CT molecular complexity index is 483. The third-order valence-electron chi connectivity index (χ3n) is 2.85. The molecule has 0 saturated heterocycles. The molecule has 0 aliphatic carbocycles. The molecular formula is C15H24N4O2. The maximum absolute atomic E-state index is 11.8. The third kappa shape index (κ3) is 5.83. The number of nitrogens with two attached hydrogens (primary N) is 1. The SMILES string of the molecule is COCC(C)NC(N)=NCc1ccc(C(=O)N(C)C)cc1. The Balaban J connectivity index is 2.58. The lowest BCUT2D eigenvalue weighted by molar-refractivity contribution is 0.0827. The largest absolute Gasteiger partial charge is 0.383 e. The highest BCUT2D eigenvalue weighted by Crippen LogP contribution is 2.07. The van der Waals surface area contributed by atoms with Gasteiger partial charge in [0.15, 0.2) is 5.96 Å². The zero-order chi connectivity index (χ0) is 15.8. The van der Waals surface area contributed by atoms with E-state index < -0.39 is 0 Å². The van der Waals surface area contributed by atoms with Crippen molar-refractivity contribution in [3.8, 4) is 0 Å². The maximum Gasteiger partial charge on any atom is 0.253 e. The van der Waals surface area contributed by atoms with E-state index in [1.54, 1.807) is 38.2 Å². The minimum Gasteiger partial charge on any atom is -0.383 e. The Labute approximate surface area is 126 Å². The molecule has 0 heterocycles. The summed E-state index contributed by atoms with van der Waals surface area (Å²) in [5.41, 5.74) is 7.45. The molecule has 1 amide bonds. The third-order valence-corrected chi connectivity index (χ3v) is 2.85. The van der Waals surface area contributed by atoms with E-state index in [0.29, 0.717) is 24.7 Å². The van der Waals surface area contributed by atoms with E-state index in [2.05, 4.69) is 10.3 Å². The highest BCUT2D eigenvalue weighted by Gasteiger charge is 2.07. The van der Waals surface area contributed by atoms with Crippen LogP contribution in [0.1, 0.15) is 22.8 Å². The lowest BCUT2D eigenvalue weighted by atomic mass is 10.1. The summed E-state index contributed by atoms with van der Waals surface area (Å²) in [6, 6.07) is 7.46. The first-order chi connectivity index (χ1) is 9.93. The molecule has 0 fully saturated rings. The van der Waals surface area contributed by atoms with Crippen LogP contribution in [-0.2, 0) is 11.3 Å². The molecular weight excluding hydrogens is 268 g/mol. The number of aliphatic imine (C=N–C) groups is 1. The van der Waals surface area contributed by atoms with Gasteiger partial charge < -0.3 is 20.7 Å². The number of nitrogens with zero attached hydrogens (tertiary/aromatic N) is 2. The van der Waals surface area contributed by atoms with Crippen LogP contribution in [0, 0.1) is 0 Å². The molecule has 1 rings (SSSR count). The molecule has 0 aliphatic heterocycles. The number of ether oxygens (including phenoxy) is 1. The van der Waals surface area contributed by atoms with Crippen molar-refractivity contribution < 1.29 is 9.53 Å². The van der Waals surface area contributed by atoms with Gasteiger partial charge in [-0.05, 0) is 24.6 Å². The molecule has 0 bridgehead atoms. The van der Waals surface area contributed by atoms with Crippen LogP contribution in [0.4, 0.5) is 0 Å². The second-order valence-electron chi connectivity index (χ2n) is 5.10. The molecule has 1 aromatic rings. The first kappa shape index (κ1) is 17.0.